The first kappa shape index (κ1) is 14.8. The molecular weight excluding hydrogens is 326 g/mol. The Bertz CT molecular complexity index is 812. The number of para-hydroxylation sites is 1. The molecule has 1 aromatic heterocycles. The maximum absolute atomic E-state index is 6.26. The zero-order chi connectivity index (χ0) is 15.6. The molecule has 3 nitrogen and oxygen atoms in total. The lowest BCUT2D eigenvalue weighted by atomic mass is 10.2. The van der Waals surface area contributed by atoms with Crippen molar-refractivity contribution in [2.45, 2.75) is 29.7 Å². The Morgan fingerprint density at radius 2 is 1.74 bits per heavy atom. The van der Waals surface area contributed by atoms with Gasteiger partial charge in [-0.05, 0) is 36.6 Å². The van der Waals surface area contributed by atoms with Gasteiger partial charge in [-0.3, -0.25) is 4.57 Å². The number of aromatic nitrogens is 3. The van der Waals surface area contributed by atoms with E-state index in [1.807, 2.05) is 24.3 Å². The van der Waals surface area contributed by atoms with E-state index in [0.717, 1.165) is 33.0 Å². The van der Waals surface area contributed by atoms with Crippen molar-refractivity contribution in [1.82, 2.24) is 14.8 Å². The second-order valence-electron chi connectivity index (χ2n) is 5.67. The molecule has 0 N–H and O–H groups in total. The van der Waals surface area contributed by atoms with Crippen molar-refractivity contribution in [3.63, 3.8) is 0 Å². The zero-order valence-electron chi connectivity index (χ0n) is 12.5. The molecule has 2 aromatic carbocycles. The summed E-state index contributed by atoms with van der Waals surface area (Å²) in [4.78, 5) is 0. The molecule has 1 aliphatic rings. The van der Waals surface area contributed by atoms with E-state index in [0.29, 0.717) is 5.92 Å². The quantitative estimate of drug-likeness (QED) is 0.605. The van der Waals surface area contributed by atoms with Crippen LogP contribution in [0.4, 0.5) is 0 Å². The molecule has 0 aliphatic heterocycles. The molecule has 3 aromatic rings. The molecule has 23 heavy (non-hydrogen) atoms. The SMILES string of the molecule is Clc1ccccc1CSc1nnc(C2CC2)n1-c1ccccc1. The summed E-state index contributed by atoms with van der Waals surface area (Å²) in [5.41, 5.74) is 2.25. The van der Waals surface area contributed by atoms with Gasteiger partial charge >= 0.3 is 0 Å². The fourth-order valence-electron chi connectivity index (χ4n) is 2.56. The topological polar surface area (TPSA) is 30.7 Å². The summed E-state index contributed by atoms with van der Waals surface area (Å²) >= 11 is 7.94. The largest absolute Gasteiger partial charge is 0.274 e. The first-order valence-electron chi connectivity index (χ1n) is 7.70. The number of hydrogen-bond donors (Lipinski definition) is 0. The standard InChI is InChI=1S/C18H16ClN3S/c19-16-9-5-4-6-14(16)12-23-18-21-20-17(13-10-11-13)22(18)15-7-2-1-3-8-15/h1-9,13H,10-12H2. The Morgan fingerprint density at radius 3 is 2.48 bits per heavy atom. The number of rotatable bonds is 5. The van der Waals surface area contributed by atoms with Gasteiger partial charge in [0.25, 0.3) is 0 Å². The number of benzene rings is 2. The van der Waals surface area contributed by atoms with Crippen LogP contribution in [-0.4, -0.2) is 14.8 Å². The van der Waals surface area contributed by atoms with Gasteiger partial charge in [0.05, 0.1) is 0 Å². The Kier molecular flexibility index (Phi) is 4.10. The first-order chi connectivity index (χ1) is 11.3. The number of thioether (sulfide) groups is 1. The molecule has 0 atom stereocenters. The molecule has 1 fully saturated rings. The van der Waals surface area contributed by atoms with Gasteiger partial charge in [0.2, 0.25) is 0 Å². The number of halogens is 1. The van der Waals surface area contributed by atoms with E-state index < -0.39 is 0 Å². The molecule has 0 unspecified atom stereocenters. The smallest absolute Gasteiger partial charge is 0.196 e. The van der Waals surface area contributed by atoms with Gasteiger partial charge in [0.1, 0.15) is 5.82 Å². The van der Waals surface area contributed by atoms with Crippen LogP contribution in [0, 0.1) is 0 Å². The van der Waals surface area contributed by atoms with Gasteiger partial charge in [0, 0.05) is 22.4 Å². The highest BCUT2D eigenvalue weighted by atomic mass is 35.5. The molecular formula is C18H16ClN3S. The van der Waals surface area contributed by atoms with E-state index in [1.54, 1.807) is 11.8 Å². The van der Waals surface area contributed by atoms with Crippen LogP contribution in [0.15, 0.2) is 59.8 Å². The van der Waals surface area contributed by atoms with E-state index >= 15 is 0 Å². The third kappa shape index (κ3) is 3.14. The molecule has 116 valence electrons. The second-order valence-corrected chi connectivity index (χ2v) is 7.02. The van der Waals surface area contributed by atoms with Crippen LogP contribution in [-0.2, 0) is 5.75 Å². The highest BCUT2D eigenvalue weighted by Crippen LogP contribution is 2.41. The fourth-order valence-corrected chi connectivity index (χ4v) is 3.80. The molecule has 4 rings (SSSR count). The summed E-state index contributed by atoms with van der Waals surface area (Å²) in [7, 11) is 0. The summed E-state index contributed by atoms with van der Waals surface area (Å²) in [5, 5.41) is 10.6. The predicted molar refractivity (Wildman–Crippen MR) is 94.3 cm³/mol. The number of nitrogens with zero attached hydrogens (tertiary/aromatic N) is 3. The van der Waals surface area contributed by atoms with Crippen molar-refractivity contribution in [1.29, 1.82) is 0 Å². The van der Waals surface area contributed by atoms with Crippen LogP contribution in [0.5, 0.6) is 0 Å². The molecule has 1 aliphatic carbocycles. The Hall–Kier alpha value is -1.78. The maximum Gasteiger partial charge on any atom is 0.196 e. The number of hydrogen-bond acceptors (Lipinski definition) is 3. The van der Waals surface area contributed by atoms with Crippen molar-refractivity contribution >= 4 is 23.4 Å². The van der Waals surface area contributed by atoms with Crippen LogP contribution in [0.3, 0.4) is 0 Å². The van der Waals surface area contributed by atoms with Crippen molar-refractivity contribution in [2.24, 2.45) is 0 Å². The van der Waals surface area contributed by atoms with Crippen LogP contribution < -0.4 is 0 Å². The highest BCUT2D eigenvalue weighted by Gasteiger charge is 2.31. The maximum atomic E-state index is 6.26. The van der Waals surface area contributed by atoms with E-state index in [1.165, 1.54) is 12.8 Å². The Labute approximate surface area is 144 Å². The lowest BCUT2D eigenvalue weighted by molar-refractivity contribution is 0.829. The van der Waals surface area contributed by atoms with Crippen LogP contribution >= 0.6 is 23.4 Å². The van der Waals surface area contributed by atoms with E-state index in [2.05, 4.69) is 45.1 Å². The molecule has 0 bridgehead atoms. The third-order valence-electron chi connectivity index (χ3n) is 3.93. The predicted octanol–water partition coefficient (Wildman–Crippen LogP) is 5.09. The molecule has 0 amide bonds. The minimum absolute atomic E-state index is 0.553. The molecule has 5 heteroatoms. The van der Waals surface area contributed by atoms with Gasteiger partial charge < -0.3 is 0 Å². The average molecular weight is 342 g/mol. The minimum atomic E-state index is 0.553. The van der Waals surface area contributed by atoms with E-state index in [-0.39, 0.29) is 0 Å². The van der Waals surface area contributed by atoms with Crippen LogP contribution in [0.25, 0.3) is 5.69 Å². The van der Waals surface area contributed by atoms with E-state index in [4.69, 9.17) is 11.6 Å². The highest BCUT2D eigenvalue weighted by molar-refractivity contribution is 7.98. The van der Waals surface area contributed by atoms with Crippen molar-refractivity contribution in [3.8, 4) is 5.69 Å². The van der Waals surface area contributed by atoms with Gasteiger partial charge in [0.15, 0.2) is 5.16 Å². The van der Waals surface area contributed by atoms with Gasteiger partial charge in [-0.25, -0.2) is 0 Å². The molecule has 0 saturated heterocycles. The van der Waals surface area contributed by atoms with E-state index in [9.17, 15) is 0 Å². The normalized spacial score (nSPS) is 14.1. The average Bonchev–Trinajstić information content (AvgIpc) is 3.35. The van der Waals surface area contributed by atoms with Crippen molar-refractivity contribution in [3.05, 3.63) is 71.0 Å². The second kappa shape index (κ2) is 6.38. The Balaban J connectivity index is 1.65. The lowest BCUT2D eigenvalue weighted by Crippen LogP contribution is -2.01. The summed E-state index contributed by atoms with van der Waals surface area (Å²) in [6.07, 6.45) is 2.42. The van der Waals surface area contributed by atoms with Gasteiger partial charge in [-0.1, -0.05) is 59.8 Å². The van der Waals surface area contributed by atoms with Crippen LogP contribution in [0.1, 0.15) is 30.1 Å². The molecule has 0 spiro atoms. The third-order valence-corrected chi connectivity index (χ3v) is 5.28. The van der Waals surface area contributed by atoms with Crippen LogP contribution in [0.2, 0.25) is 5.02 Å². The fraction of sp³-hybridized carbons (Fsp3) is 0.222. The summed E-state index contributed by atoms with van der Waals surface area (Å²) in [6, 6.07) is 18.3. The molecule has 1 heterocycles. The van der Waals surface area contributed by atoms with Crippen molar-refractivity contribution < 1.29 is 0 Å². The summed E-state index contributed by atoms with van der Waals surface area (Å²) in [6.45, 7) is 0. The molecule has 1 saturated carbocycles. The molecule has 0 radical (unpaired) electrons. The van der Waals surface area contributed by atoms with Gasteiger partial charge in [-0.2, -0.15) is 0 Å². The monoisotopic (exact) mass is 341 g/mol. The summed E-state index contributed by atoms with van der Waals surface area (Å²) < 4.78 is 2.19. The van der Waals surface area contributed by atoms with Gasteiger partial charge in [-0.15, -0.1) is 10.2 Å². The van der Waals surface area contributed by atoms with Crippen molar-refractivity contribution in [2.75, 3.05) is 0 Å². The minimum Gasteiger partial charge on any atom is -0.274 e. The zero-order valence-corrected chi connectivity index (χ0v) is 14.1. The summed E-state index contributed by atoms with van der Waals surface area (Å²) in [5.74, 6) is 2.42. The first-order valence-corrected chi connectivity index (χ1v) is 9.06. The lowest BCUT2D eigenvalue weighted by Gasteiger charge is -2.10. The Morgan fingerprint density at radius 1 is 1.00 bits per heavy atom.